The molecule has 3 nitrogen and oxygen atoms in total. The van der Waals surface area contributed by atoms with Gasteiger partial charge in [-0.3, -0.25) is 0 Å². The first-order chi connectivity index (χ1) is 5.04. The molecule has 11 heavy (non-hydrogen) atoms. The lowest BCUT2D eigenvalue weighted by molar-refractivity contribution is -0.132. The highest BCUT2D eigenvalue weighted by Crippen LogP contribution is 1.90. The Kier molecular flexibility index (Phi) is 4.54. The molecule has 0 saturated heterocycles. The third-order valence-electron chi connectivity index (χ3n) is 1.27. The highest BCUT2D eigenvalue weighted by atomic mass is 16.4. The van der Waals surface area contributed by atoms with Crippen LogP contribution in [-0.2, 0) is 4.79 Å². The molecule has 0 heterocycles. The quantitative estimate of drug-likeness (QED) is 0.599. The van der Waals surface area contributed by atoms with E-state index in [1.807, 2.05) is 13.8 Å². The number of carboxylic acids is 1. The average Bonchev–Trinajstić information content (AvgIpc) is 1.86. The number of hydrogen-bond acceptors (Lipinski definition) is 2. The van der Waals surface area contributed by atoms with Gasteiger partial charge in [-0.15, -0.1) is 0 Å². The first kappa shape index (κ1) is 10.2. The van der Waals surface area contributed by atoms with E-state index in [2.05, 4.69) is 5.32 Å². The van der Waals surface area contributed by atoms with E-state index >= 15 is 0 Å². The summed E-state index contributed by atoms with van der Waals surface area (Å²) in [4.78, 5) is 10.3. The molecule has 0 aromatic carbocycles. The maximum Gasteiger partial charge on any atom is 0.330 e. The number of aliphatic carboxylic acids is 1. The van der Waals surface area contributed by atoms with Crippen molar-refractivity contribution in [3.8, 4) is 0 Å². The van der Waals surface area contributed by atoms with Gasteiger partial charge in [0.1, 0.15) is 0 Å². The predicted molar refractivity (Wildman–Crippen MR) is 44.5 cm³/mol. The SMILES string of the molecule is C/C(=C/CNC(C)C)C(=O)O. The minimum Gasteiger partial charge on any atom is -0.478 e. The second kappa shape index (κ2) is 4.91. The summed E-state index contributed by atoms with van der Waals surface area (Å²) in [5.41, 5.74) is 0.387. The number of carbonyl (C=O) groups is 1. The third kappa shape index (κ3) is 5.61. The Morgan fingerprint density at radius 2 is 2.18 bits per heavy atom. The largest absolute Gasteiger partial charge is 0.478 e. The summed E-state index contributed by atoms with van der Waals surface area (Å²) in [7, 11) is 0. The minimum absolute atomic E-state index is 0.387. The first-order valence-electron chi connectivity index (χ1n) is 3.67. The Hall–Kier alpha value is -0.830. The third-order valence-corrected chi connectivity index (χ3v) is 1.27. The van der Waals surface area contributed by atoms with Crippen LogP contribution in [0.25, 0.3) is 0 Å². The van der Waals surface area contributed by atoms with Crippen molar-refractivity contribution in [1.29, 1.82) is 0 Å². The molecule has 0 aromatic rings. The second-order valence-electron chi connectivity index (χ2n) is 2.76. The molecule has 0 radical (unpaired) electrons. The zero-order chi connectivity index (χ0) is 8.85. The normalized spacial score (nSPS) is 12.2. The van der Waals surface area contributed by atoms with E-state index in [0.717, 1.165) is 0 Å². The summed E-state index contributed by atoms with van der Waals surface area (Å²) in [6.45, 7) is 6.24. The molecule has 64 valence electrons. The number of rotatable bonds is 4. The predicted octanol–water partition coefficient (Wildman–Crippen LogP) is 1.02. The van der Waals surface area contributed by atoms with Crippen molar-refractivity contribution in [2.75, 3.05) is 6.54 Å². The van der Waals surface area contributed by atoms with Crippen LogP contribution in [0.1, 0.15) is 20.8 Å². The molecular weight excluding hydrogens is 142 g/mol. The van der Waals surface area contributed by atoms with Crippen molar-refractivity contribution < 1.29 is 9.90 Å². The fourth-order valence-electron chi connectivity index (χ4n) is 0.535. The molecule has 0 aliphatic rings. The van der Waals surface area contributed by atoms with Crippen molar-refractivity contribution in [3.63, 3.8) is 0 Å². The Bertz CT molecular complexity index is 161. The van der Waals surface area contributed by atoms with E-state index in [9.17, 15) is 4.79 Å². The summed E-state index contributed by atoms with van der Waals surface area (Å²) in [6, 6.07) is 0.396. The average molecular weight is 157 g/mol. The monoisotopic (exact) mass is 157 g/mol. The molecule has 0 aliphatic heterocycles. The van der Waals surface area contributed by atoms with Crippen LogP contribution in [0.3, 0.4) is 0 Å². The molecule has 0 amide bonds. The Morgan fingerprint density at radius 3 is 2.55 bits per heavy atom. The van der Waals surface area contributed by atoms with Crippen LogP contribution in [0.4, 0.5) is 0 Å². The highest BCUT2D eigenvalue weighted by molar-refractivity contribution is 5.85. The summed E-state index contributed by atoms with van der Waals surface area (Å²) in [6.07, 6.45) is 1.67. The van der Waals surface area contributed by atoms with E-state index in [-0.39, 0.29) is 0 Å². The maximum absolute atomic E-state index is 10.3. The topological polar surface area (TPSA) is 49.3 Å². The lowest BCUT2D eigenvalue weighted by atomic mass is 10.3. The summed E-state index contributed by atoms with van der Waals surface area (Å²) >= 11 is 0. The van der Waals surface area contributed by atoms with Gasteiger partial charge in [0.15, 0.2) is 0 Å². The maximum atomic E-state index is 10.3. The zero-order valence-corrected chi connectivity index (χ0v) is 7.22. The standard InChI is InChI=1S/C8H15NO2/c1-6(2)9-5-4-7(3)8(10)11/h4,6,9H,5H2,1-3H3,(H,10,11)/b7-4-. The van der Waals surface area contributed by atoms with E-state index in [4.69, 9.17) is 5.11 Å². The van der Waals surface area contributed by atoms with Crippen molar-refractivity contribution in [2.45, 2.75) is 26.8 Å². The Morgan fingerprint density at radius 1 is 1.64 bits per heavy atom. The van der Waals surface area contributed by atoms with Crippen molar-refractivity contribution in [2.24, 2.45) is 0 Å². The molecule has 0 rings (SSSR count). The van der Waals surface area contributed by atoms with Crippen LogP contribution in [0.2, 0.25) is 0 Å². The second-order valence-corrected chi connectivity index (χ2v) is 2.76. The molecule has 0 bridgehead atoms. The van der Waals surface area contributed by atoms with Crippen LogP contribution in [0.15, 0.2) is 11.6 Å². The van der Waals surface area contributed by atoms with Crippen LogP contribution in [0, 0.1) is 0 Å². The van der Waals surface area contributed by atoms with Gasteiger partial charge in [-0.05, 0) is 6.92 Å². The molecule has 0 unspecified atom stereocenters. The molecule has 0 aromatic heterocycles. The van der Waals surface area contributed by atoms with E-state index in [0.29, 0.717) is 18.2 Å². The van der Waals surface area contributed by atoms with Crippen molar-refractivity contribution >= 4 is 5.97 Å². The molecule has 0 atom stereocenters. The molecule has 0 saturated carbocycles. The number of nitrogens with one attached hydrogen (secondary N) is 1. The van der Waals surface area contributed by atoms with Gasteiger partial charge in [0.25, 0.3) is 0 Å². The van der Waals surface area contributed by atoms with Crippen molar-refractivity contribution in [3.05, 3.63) is 11.6 Å². The number of carboxylic acid groups (broad SMARTS) is 1. The lowest BCUT2D eigenvalue weighted by Gasteiger charge is -2.03. The summed E-state index contributed by atoms with van der Waals surface area (Å²) < 4.78 is 0. The Labute approximate surface area is 67.1 Å². The van der Waals surface area contributed by atoms with Crippen molar-refractivity contribution in [1.82, 2.24) is 5.32 Å². The van der Waals surface area contributed by atoms with E-state index in [1.165, 1.54) is 0 Å². The zero-order valence-electron chi connectivity index (χ0n) is 7.22. The minimum atomic E-state index is -0.851. The molecule has 0 fully saturated rings. The van der Waals surface area contributed by atoms with Gasteiger partial charge in [-0.25, -0.2) is 4.79 Å². The lowest BCUT2D eigenvalue weighted by Crippen LogP contribution is -2.22. The van der Waals surface area contributed by atoms with Gasteiger partial charge >= 0.3 is 5.97 Å². The van der Waals surface area contributed by atoms with E-state index < -0.39 is 5.97 Å². The highest BCUT2D eigenvalue weighted by Gasteiger charge is 1.97. The summed E-state index contributed by atoms with van der Waals surface area (Å²) in [5, 5.41) is 11.5. The van der Waals surface area contributed by atoms with Gasteiger partial charge in [0, 0.05) is 18.2 Å². The fourth-order valence-corrected chi connectivity index (χ4v) is 0.535. The van der Waals surface area contributed by atoms with Gasteiger partial charge in [0.05, 0.1) is 0 Å². The molecular formula is C8H15NO2. The first-order valence-corrected chi connectivity index (χ1v) is 3.67. The Balaban J connectivity index is 3.65. The van der Waals surface area contributed by atoms with Gasteiger partial charge < -0.3 is 10.4 Å². The van der Waals surface area contributed by atoms with Crippen LogP contribution in [0.5, 0.6) is 0 Å². The van der Waals surface area contributed by atoms with E-state index in [1.54, 1.807) is 13.0 Å². The molecule has 2 N–H and O–H groups in total. The van der Waals surface area contributed by atoms with Crippen LogP contribution >= 0.6 is 0 Å². The van der Waals surface area contributed by atoms with Crippen LogP contribution in [-0.4, -0.2) is 23.7 Å². The summed E-state index contributed by atoms with van der Waals surface area (Å²) in [5.74, 6) is -0.851. The molecule has 3 heteroatoms. The smallest absolute Gasteiger partial charge is 0.330 e. The number of hydrogen-bond donors (Lipinski definition) is 2. The molecule has 0 spiro atoms. The van der Waals surface area contributed by atoms with Gasteiger partial charge in [0.2, 0.25) is 0 Å². The van der Waals surface area contributed by atoms with Gasteiger partial charge in [-0.2, -0.15) is 0 Å². The fraction of sp³-hybridized carbons (Fsp3) is 0.625. The van der Waals surface area contributed by atoms with Crippen LogP contribution < -0.4 is 5.32 Å². The molecule has 0 aliphatic carbocycles. The van der Waals surface area contributed by atoms with Gasteiger partial charge in [-0.1, -0.05) is 19.9 Å².